The first-order valence-electron chi connectivity index (χ1n) is 20.4. The topological polar surface area (TPSA) is 176 Å². The summed E-state index contributed by atoms with van der Waals surface area (Å²) in [7, 11) is 0. The Balaban J connectivity index is 0.932. The molecule has 0 radical (unpaired) electrons. The van der Waals surface area contributed by atoms with Gasteiger partial charge < -0.3 is 44.5 Å². The van der Waals surface area contributed by atoms with Crippen LogP contribution in [0.25, 0.3) is 15.3 Å². The lowest BCUT2D eigenvalue weighted by Gasteiger charge is -2.29. The minimum Gasteiger partial charge on any atom is -0.491 e. The predicted molar refractivity (Wildman–Crippen MR) is 242 cm³/mol. The molecular formula is C45H51N7O9S2. The molecule has 3 aromatic carbocycles. The third kappa shape index (κ3) is 11.2. The summed E-state index contributed by atoms with van der Waals surface area (Å²) < 4.78 is 23.5. The number of rotatable bonds is 19. The molecule has 0 aliphatic carbocycles. The Morgan fingerprint density at radius 1 is 0.952 bits per heavy atom. The number of hydrogen-bond donors (Lipinski definition) is 3. The van der Waals surface area contributed by atoms with E-state index in [1.54, 1.807) is 23.7 Å². The first kappa shape index (κ1) is 46.5. The van der Waals surface area contributed by atoms with Gasteiger partial charge in [-0.2, -0.15) is 0 Å². The summed E-state index contributed by atoms with van der Waals surface area (Å²) in [5.41, 5.74) is 6.02. The number of aliphatic hydroxyl groups excluding tert-OH is 1. The summed E-state index contributed by atoms with van der Waals surface area (Å²) in [6.07, 6.45) is -0.759. The second kappa shape index (κ2) is 20.9. The van der Waals surface area contributed by atoms with Crippen LogP contribution in [0.5, 0.6) is 11.5 Å². The molecule has 2 atom stereocenters. The van der Waals surface area contributed by atoms with Gasteiger partial charge in [-0.1, -0.05) is 18.2 Å². The van der Waals surface area contributed by atoms with Crippen LogP contribution in [-0.4, -0.2) is 114 Å². The number of aromatic nitrogens is 1. The Morgan fingerprint density at radius 2 is 1.63 bits per heavy atom. The first-order valence-corrected chi connectivity index (χ1v) is 21.7. The molecule has 2 fully saturated rings. The van der Waals surface area contributed by atoms with E-state index in [-0.39, 0.29) is 51.1 Å². The zero-order valence-corrected chi connectivity index (χ0v) is 37.5. The van der Waals surface area contributed by atoms with E-state index in [0.717, 1.165) is 27.4 Å². The number of likely N-dealkylation sites (tertiary alicyclic amines) is 1. The fourth-order valence-corrected chi connectivity index (χ4v) is 8.62. The van der Waals surface area contributed by atoms with Gasteiger partial charge in [0.2, 0.25) is 17.7 Å². The number of aliphatic hydroxyl groups is 1. The number of carbonyl (C=O) groups is 4. The van der Waals surface area contributed by atoms with Gasteiger partial charge in [-0.3, -0.25) is 24.1 Å². The zero-order valence-electron chi connectivity index (χ0n) is 35.8. The molecule has 2 saturated heterocycles. The van der Waals surface area contributed by atoms with E-state index < -0.39 is 29.5 Å². The van der Waals surface area contributed by atoms with E-state index in [1.165, 1.54) is 28.1 Å². The number of ether oxygens (including phenoxy) is 4. The lowest BCUT2D eigenvalue weighted by Crippen LogP contribution is -2.48. The van der Waals surface area contributed by atoms with Crippen molar-refractivity contribution in [2.45, 2.75) is 65.3 Å². The van der Waals surface area contributed by atoms with Crippen LogP contribution in [-0.2, 0) is 35.2 Å². The summed E-state index contributed by atoms with van der Waals surface area (Å²) >= 11 is 7.32. The minimum atomic E-state index is -0.936. The molecule has 332 valence electrons. The van der Waals surface area contributed by atoms with Crippen molar-refractivity contribution in [1.82, 2.24) is 20.5 Å². The molecule has 4 aromatic rings. The van der Waals surface area contributed by atoms with Crippen molar-refractivity contribution in [3.63, 3.8) is 0 Å². The predicted octanol–water partition coefficient (Wildman–Crippen LogP) is 5.10. The van der Waals surface area contributed by atoms with Crippen molar-refractivity contribution < 1.29 is 43.2 Å². The van der Waals surface area contributed by atoms with Gasteiger partial charge in [0, 0.05) is 43.4 Å². The third-order valence-electron chi connectivity index (χ3n) is 10.6. The van der Waals surface area contributed by atoms with Crippen LogP contribution in [0.1, 0.15) is 44.0 Å². The number of β-amino-alcohol motifs (C(OH)–C–C–N with tert-alkyl or cyclic N) is 1. The molecule has 2 aliphatic rings. The van der Waals surface area contributed by atoms with Crippen molar-refractivity contribution in [1.29, 1.82) is 0 Å². The van der Waals surface area contributed by atoms with E-state index in [4.69, 9.17) is 37.7 Å². The van der Waals surface area contributed by atoms with Crippen molar-refractivity contribution >= 4 is 69.4 Å². The smallest absolute Gasteiger partial charge is 0.259 e. The Morgan fingerprint density at radius 3 is 2.29 bits per heavy atom. The first-order chi connectivity index (χ1) is 30.2. The van der Waals surface area contributed by atoms with Crippen LogP contribution in [0, 0.1) is 20.4 Å². The number of carbonyl (C=O) groups excluding carboxylic acids is 4. The van der Waals surface area contributed by atoms with Gasteiger partial charge in [-0.25, -0.2) is 9.83 Å². The second-order valence-electron chi connectivity index (χ2n) is 15.5. The minimum absolute atomic E-state index is 0.00509. The van der Waals surface area contributed by atoms with E-state index in [0.29, 0.717) is 60.0 Å². The van der Waals surface area contributed by atoms with Gasteiger partial charge in [0.1, 0.15) is 36.3 Å². The Labute approximate surface area is 375 Å². The van der Waals surface area contributed by atoms with Crippen LogP contribution >= 0.6 is 23.6 Å². The van der Waals surface area contributed by atoms with E-state index in [1.807, 2.05) is 75.1 Å². The molecule has 1 aromatic heterocycles. The number of nitrogens with one attached hydrogen (secondary N) is 2. The molecule has 63 heavy (non-hydrogen) atoms. The number of aryl methyl sites for hydroxylation is 2. The summed E-state index contributed by atoms with van der Waals surface area (Å²) in [4.78, 5) is 64.4. The van der Waals surface area contributed by atoms with Gasteiger partial charge >= 0.3 is 0 Å². The van der Waals surface area contributed by atoms with Crippen molar-refractivity contribution in [3.05, 3.63) is 94.4 Å². The molecule has 6 rings (SSSR count). The van der Waals surface area contributed by atoms with Gasteiger partial charge in [-0.05, 0) is 93.5 Å². The average molecular weight is 898 g/mol. The van der Waals surface area contributed by atoms with E-state index >= 15 is 0 Å². The number of nitrogens with zero attached hydrogens (tertiary/aromatic N) is 5. The highest BCUT2D eigenvalue weighted by atomic mass is 32.1. The number of thiocarbonyl (C=S) groups is 1. The quantitative estimate of drug-likeness (QED) is 0.0647. The molecule has 0 spiro atoms. The number of anilines is 2. The van der Waals surface area contributed by atoms with Crippen molar-refractivity contribution in [2.75, 3.05) is 62.5 Å². The summed E-state index contributed by atoms with van der Waals surface area (Å²) in [6.45, 7) is 17.7. The van der Waals surface area contributed by atoms with Crippen LogP contribution in [0.2, 0.25) is 0 Å². The van der Waals surface area contributed by atoms with Gasteiger partial charge in [0.25, 0.3) is 5.91 Å². The Kier molecular flexibility index (Phi) is 15.5. The van der Waals surface area contributed by atoms with Crippen molar-refractivity contribution in [3.8, 4) is 21.9 Å². The lowest BCUT2D eigenvalue weighted by atomic mass is 10.0. The maximum Gasteiger partial charge on any atom is 0.259 e. The second-order valence-corrected chi connectivity index (χ2v) is 16.7. The summed E-state index contributed by atoms with van der Waals surface area (Å²) in [5, 5.41) is 15.9. The normalized spacial score (nSPS) is 16.9. The molecule has 2 aliphatic heterocycles. The molecule has 4 amide bonds. The van der Waals surface area contributed by atoms with E-state index in [2.05, 4.69) is 20.5 Å². The average Bonchev–Trinajstić information content (AvgIpc) is 3.92. The molecule has 3 N–H and O–H groups in total. The Bertz CT molecular complexity index is 2360. The van der Waals surface area contributed by atoms with Crippen LogP contribution < -0.4 is 29.9 Å². The molecule has 0 unspecified atom stereocenters. The summed E-state index contributed by atoms with van der Waals surface area (Å²) in [6, 6.07) is 17.4. The zero-order chi connectivity index (χ0) is 45.3. The lowest BCUT2D eigenvalue weighted by molar-refractivity contribution is -0.138. The van der Waals surface area contributed by atoms with E-state index in [9.17, 15) is 24.3 Å². The maximum atomic E-state index is 13.6. The monoisotopic (exact) mass is 897 g/mol. The Hall–Kier alpha value is -5.97. The highest BCUT2D eigenvalue weighted by molar-refractivity contribution is 7.81. The largest absolute Gasteiger partial charge is 0.491 e. The molecule has 16 nitrogen and oxygen atoms in total. The van der Waals surface area contributed by atoms with Crippen LogP contribution in [0.3, 0.4) is 0 Å². The molecule has 3 heterocycles. The fraction of sp³-hybridized carbons (Fsp3) is 0.400. The van der Waals surface area contributed by atoms with Crippen LogP contribution in [0.15, 0.2) is 66.2 Å². The molecule has 18 heteroatoms. The van der Waals surface area contributed by atoms with Crippen LogP contribution in [0.4, 0.5) is 17.1 Å². The third-order valence-corrected chi connectivity index (χ3v) is 11.9. The summed E-state index contributed by atoms with van der Waals surface area (Å²) in [5.74, 6) is -0.208. The van der Waals surface area contributed by atoms with Gasteiger partial charge in [0.15, 0.2) is 10.8 Å². The van der Waals surface area contributed by atoms with Crippen molar-refractivity contribution in [2.24, 2.45) is 0 Å². The maximum absolute atomic E-state index is 13.6. The van der Waals surface area contributed by atoms with Gasteiger partial charge in [0.05, 0.1) is 61.7 Å². The number of benzene rings is 3. The SMILES string of the molecule is [C-]#[N+]c1ccc(N2C(=O)C(C)(C)N(c3ccc(OCCOCCOCCOc4cc(-c5scnc5C)ccc4CNC(=O)[C@@H]4C[C@@H](O)CN4C(=O)CNC(C)=O)cc3)C2=S)cc1C. The standard InChI is InChI=1S/C45H51N7O9S2/c1-28-21-34(11-14-37(28)46-6)51-43(57)45(4,5)52(44(51)62)33-9-12-36(13-10-33)60-19-17-58-15-16-59-18-20-61-39-22-31(41-29(2)49-27-63-41)7-8-32(39)24-48-42(56)38-23-35(54)26-50(38)40(55)25-47-30(3)53/h7-14,21-22,27,35,38,54H,15-20,23-26H2,1-5H3,(H,47,53)(H,48,56)/t35-,38+/m1/s1. The van der Waals surface area contributed by atoms with Gasteiger partial charge in [-0.15, -0.1) is 11.3 Å². The highest BCUT2D eigenvalue weighted by Crippen LogP contribution is 2.38. The molecular weight excluding hydrogens is 847 g/mol. The number of thiazole rings is 1. The number of amides is 4. The number of hydrogen-bond acceptors (Lipinski definition) is 12. The molecule has 0 saturated carbocycles. The molecule has 0 bridgehead atoms. The fourth-order valence-electron chi connectivity index (χ4n) is 7.30. The highest BCUT2D eigenvalue weighted by Gasteiger charge is 2.50.